The third-order valence-corrected chi connectivity index (χ3v) is 14.3. The Kier molecular flexibility index (Phi) is 12.7. The molecule has 1 N–H and O–H groups in total. The van der Waals surface area contributed by atoms with Crippen molar-refractivity contribution in [3.05, 3.63) is 42.6 Å². The van der Waals surface area contributed by atoms with Gasteiger partial charge in [-0.3, -0.25) is 23.9 Å². The number of nitrogens with zero attached hydrogens (tertiary/aromatic N) is 2. The number of amides is 2. The van der Waals surface area contributed by atoms with E-state index in [0.29, 0.717) is 49.8 Å². The molecule has 2 saturated carbocycles. The number of alkyl halides is 3. The molecule has 0 spiro atoms. The number of sulfonamides is 1. The topological polar surface area (TPSA) is 149 Å². The molecule has 2 amide bonds. The van der Waals surface area contributed by atoms with E-state index in [1.165, 1.54) is 4.90 Å². The predicted molar refractivity (Wildman–Crippen MR) is 211 cm³/mol. The molecule has 4 aliphatic rings. The molecule has 318 valence electrons. The summed E-state index contributed by atoms with van der Waals surface area (Å²) in [7, 11) is -3.92. The Labute approximate surface area is 338 Å². The minimum absolute atomic E-state index is 0.0137. The van der Waals surface area contributed by atoms with Gasteiger partial charge in [0.2, 0.25) is 27.7 Å². The van der Waals surface area contributed by atoms with Crippen LogP contribution >= 0.6 is 0 Å². The van der Waals surface area contributed by atoms with Crippen LogP contribution in [0.5, 0.6) is 11.6 Å². The highest BCUT2D eigenvalue weighted by Gasteiger charge is 2.62. The summed E-state index contributed by atoms with van der Waals surface area (Å²) in [6.07, 6.45) is 2.17. The number of fused-ring (bicyclic) bond motifs is 3. The van der Waals surface area contributed by atoms with E-state index in [4.69, 9.17) is 9.47 Å². The van der Waals surface area contributed by atoms with E-state index in [-0.39, 0.29) is 37.6 Å². The second kappa shape index (κ2) is 16.9. The Hall–Kier alpha value is -4.01. The van der Waals surface area contributed by atoms with Gasteiger partial charge in [0.15, 0.2) is 5.78 Å². The average molecular weight is 832 g/mol. The van der Waals surface area contributed by atoms with Gasteiger partial charge in [0.05, 0.1) is 41.5 Å². The zero-order chi connectivity index (χ0) is 42.2. The number of allylic oxidation sites excluding steroid dienone is 2. The number of ketones is 2. The molecule has 6 rings (SSSR count). The zero-order valence-electron chi connectivity index (χ0n) is 34.0. The number of rotatable bonds is 12. The number of carbonyl (C=O) groups excluding carboxylic acids is 4. The summed E-state index contributed by atoms with van der Waals surface area (Å²) >= 11 is 0. The normalized spacial score (nSPS) is 29.1. The Morgan fingerprint density at radius 1 is 1.05 bits per heavy atom. The summed E-state index contributed by atoms with van der Waals surface area (Å²) < 4.78 is 82.2. The van der Waals surface area contributed by atoms with Gasteiger partial charge in [-0.1, -0.05) is 65.0 Å². The number of benzene rings is 1. The highest BCUT2D eigenvalue weighted by Crippen LogP contribution is 2.57. The number of Topliss-reactive ketones (excluding diaryl/α,β-unsaturated/α-hetero) is 2. The first kappa shape index (κ1) is 43.6. The Balaban J connectivity index is 1.35. The molecule has 0 radical (unpaired) electrons. The molecular weight excluding hydrogens is 776 g/mol. The van der Waals surface area contributed by atoms with E-state index in [1.54, 1.807) is 6.20 Å². The second-order valence-electron chi connectivity index (χ2n) is 17.8. The van der Waals surface area contributed by atoms with E-state index in [1.807, 2.05) is 57.2 Å². The number of aromatic nitrogens is 1. The largest absolute Gasteiger partial charge is 0.491 e. The fourth-order valence-electron chi connectivity index (χ4n) is 8.62. The molecule has 7 atom stereocenters. The molecule has 0 unspecified atom stereocenters. The van der Waals surface area contributed by atoms with Crippen molar-refractivity contribution in [2.45, 2.75) is 129 Å². The van der Waals surface area contributed by atoms with Crippen LogP contribution in [0.1, 0.15) is 105 Å². The minimum atomic E-state index is -4.64. The quantitative estimate of drug-likeness (QED) is 0.215. The molecule has 0 bridgehead atoms. The number of nitrogens with one attached hydrogen (secondary N) is 1. The van der Waals surface area contributed by atoms with Gasteiger partial charge in [-0.2, -0.15) is 13.2 Å². The predicted octanol–water partition coefficient (Wildman–Crippen LogP) is 7.51. The molecule has 58 heavy (non-hydrogen) atoms. The van der Waals surface area contributed by atoms with Crippen LogP contribution < -0.4 is 14.2 Å². The Morgan fingerprint density at radius 3 is 2.43 bits per heavy atom. The van der Waals surface area contributed by atoms with Crippen LogP contribution in [0, 0.1) is 34.5 Å². The monoisotopic (exact) mass is 831 g/mol. The highest BCUT2D eigenvalue weighted by molar-refractivity contribution is 7.90. The standard InChI is InChI=1S/C43H56F3N3O8S/c1-6-17-56-37-24-47-38(33-14-10-9-13-32(33)37)57-30-20-35-36(51)23-42(40(53)48-58(54,55)31-15-16-31)21-28(42)12-8-7-11-26(2)18-27(3)34(39(52)49(35)25-30)19-29(50)22-41(4,5)43(44,45)46/h8-10,12-14,24,26-28,30-31,34-35H,6-7,11,15-23,25H2,1-5H3,(H,48,53)/b12-8-/t26-,27+,28+,30+,34-,35-,42+/m0/s1. The SMILES string of the molecule is CCCOc1cnc(O[C@@H]2C[C@H]3C(=O)C[C@]4(C(=O)NS(=O)(=O)C5CC5)C[C@H]4/C=C\CC[C@H](C)C[C@@H](C)[C@H](CC(=O)CC(C)(C)C(F)(F)F)C(=O)N3C2)c2ccccc12. The summed E-state index contributed by atoms with van der Waals surface area (Å²) in [5.41, 5.74) is -3.65. The molecule has 2 aromatic rings. The summed E-state index contributed by atoms with van der Waals surface area (Å²) in [5, 5.41) is 0.754. The average Bonchev–Trinajstić information content (AvgIpc) is 4.08. The van der Waals surface area contributed by atoms with Crippen LogP contribution in [0.25, 0.3) is 10.8 Å². The molecular formula is C43H56F3N3O8S. The van der Waals surface area contributed by atoms with Crippen molar-refractivity contribution in [1.29, 1.82) is 0 Å². The van der Waals surface area contributed by atoms with Gasteiger partial charge in [0, 0.05) is 42.4 Å². The maximum Gasteiger partial charge on any atom is 0.394 e. The number of hydrogen-bond acceptors (Lipinski definition) is 9. The Bertz CT molecular complexity index is 2030. The second-order valence-corrected chi connectivity index (χ2v) is 19.8. The van der Waals surface area contributed by atoms with Crippen LogP contribution in [0.4, 0.5) is 13.2 Å². The van der Waals surface area contributed by atoms with Gasteiger partial charge in [-0.05, 0) is 68.8 Å². The lowest BCUT2D eigenvalue weighted by Crippen LogP contribution is -2.47. The van der Waals surface area contributed by atoms with Gasteiger partial charge in [-0.15, -0.1) is 0 Å². The summed E-state index contributed by atoms with van der Waals surface area (Å²) in [6.45, 7) is 8.15. The van der Waals surface area contributed by atoms with Crippen LogP contribution in [0.15, 0.2) is 42.6 Å². The first-order chi connectivity index (χ1) is 27.3. The van der Waals surface area contributed by atoms with E-state index in [2.05, 4.69) is 9.71 Å². The number of hydrogen-bond donors (Lipinski definition) is 1. The van der Waals surface area contributed by atoms with Crippen molar-refractivity contribution >= 4 is 44.2 Å². The third kappa shape index (κ3) is 9.55. The van der Waals surface area contributed by atoms with Gasteiger partial charge < -0.3 is 14.4 Å². The smallest absolute Gasteiger partial charge is 0.394 e. The lowest BCUT2D eigenvalue weighted by atomic mass is 9.78. The third-order valence-electron chi connectivity index (χ3n) is 12.5. The van der Waals surface area contributed by atoms with E-state index in [9.17, 15) is 40.8 Å². The van der Waals surface area contributed by atoms with Gasteiger partial charge in [0.1, 0.15) is 17.6 Å². The number of carbonyl (C=O) groups is 4. The fourth-order valence-corrected chi connectivity index (χ4v) is 10.0. The lowest BCUT2D eigenvalue weighted by molar-refractivity contribution is -0.213. The molecule has 3 fully saturated rings. The van der Waals surface area contributed by atoms with Gasteiger partial charge in [0.25, 0.3) is 0 Å². The van der Waals surface area contributed by atoms with Crippen molar-refractivity contribution in [1.82, 2.24) is 14.6 Å². The summed E-state index contributed by atoms with van der Waals surface area (Å²) in [5.74, 6) is -3.42. The van der Waals surface area contributed by atoms with Crippen molar-refractivity contribution in [2.75, 3.05) is 13.2 Å². The maximum atomic E-state index is 14.9. The molecule has 1 aromatic carbocycles. The first-order valence-corrected chi connectivity index (χ1v) is 22.1. The van der Waals surface area contributed by atoms with E-state index >= 15 is 0 Å². The molecule has 1 saturated heterocycles. The lowest BCUT2D eigenvalue weighted by Gasteiger charge is -2.33. The minimum Gasteiger partial charge on any atom is -0.491 e. The molecule has 3 heterocycles. The summed E-state index contributed by atoms with van der Waals surface area (Å²) in [4.78, 5) is 62.8. The van der Waals surface area contributed by atoms with Gasteiger partial charge in [-0.25, -0.2) is 13.4 Å². The van der Waals surface area contributed by atoms with Crippen molar-refractivity contribution in [2.24, 2.45) is 34.5 Å². The van der Waals surface area contributed by atoms with Crippen LogP contribution in [-0.2, 0) is 29.2 Å². The molecule has 2 aliphatic carbocycles. The van der Waals surface area contributed by atoms with Crippen molar-refractivity contribution in [3.63, 3.8) is 0 Å². The molecule has 11 nitrogen and oxygen atoms in total. The zero-order valence-corrected chi connectivity index (χ0v) is 34.8. The maximum absolute atomic E-state index is 14.9. The molecule has 1 aromatic heterocycles. The van der Waals surface area contributed by atoms with Crippen LogP contribution in [0.2, 0.25) is 0 Å². The number of pyridine rings is 1. The van der Waals surface area contributed by atoms with E-state index in [0.717, 1.165) is 25.7 Å². The van der Waals surface area contributed by atoms with Crippen LogP contribution in [-0.4, -0.2) is 78.4 Å². The molecule has 15 heteroatoms. The Morgan fingerprint density at radius 2 is 1.76 bits per heavy atom. The highest BCUT2D eigenvalue weighted by atomic mass is 32.2. The van der Waals surface area contributed by atoms with Crippen molar-refractivity contribution in [3.8, 4) is 11.6 Å². The summed E-state index contributed by atoms with van der Waals surface area (Å²) in [6, 6.07) is 6.26. The van der Waals surface area contributed by atoms with E-state index < -0.39 is 98.4 Å². The first-order valence-electron chi connectivity index (χ1n) is 20.6. The van der Waals surface area contributed by atoms with Crippen LogP contribution in [0.3, 0.4) is 0 Å². The van der Waals surface area contributed by atoms with Gasteiger partial charge >= 0.3 is 6.18 Å². The number of halogens is 3. The fraction of sp³-hybridized carbons (Fsp3) is 0.651. The molecule has 2 aliphatic heterocycles. The number of ether oxygens (including phenoxy) is 2. The van der Waals surface area contributed by atoms with Crippen molar-refractivity contribution < 1.29 is 50.2 Å².